The SMILES string of the molecule is O=C(O)C1C=CCCN1C(=O)OCc1ccccc1. The van der Waals surface area contributed by atoms with Crippen LogP contribution in [-0.2, 0) is 16.1 Å². The van der Waals surface area contributed by atoms with Gasteiger partial charge in [-0.2, -0.15) is 0 Å². The number of carbonyl (C=O) groups excluding carboxylic acids is 1. The lowest BCUT2D eigenvalue weighted by atomic mass is 10.1. The summed E-state index contributed by atoms with van der Waals surface area (Å²) in [6, 6.07) is 8.34. The smallest absolute Gasteiger partial charge is 0.411 e. The number of amides is 1. The van der Waals surface area contributed by atoms with E-state index in [4.69, 9.17) is 9.84 Å². The quantitative estimate of drug-likeness (QED) is 0.845. The Hall–Kier alpha value is -2.30. The zero-order chi connectivity index (χ0) is 13.7. The summed E-state index contributed by atoms with van der Waals surface area (Å²) >= 11 is 0. The molecule has 0 radical (unpaired) electrons. The summed E-state index contributed by atoms with van der Waals surface area (Å²) < 4.78 is 5.14. The zero-order valence-electron chi connectivity index (χ0n) is 10.4. The average Bonchev–Trinajstić information content (AvgIpc) is 2.46. The Morgan fingerprint density at radius 1 is 1.32 bits per heavy atom. The van der Waals surface area contributed by atoms with Crippen LogP contribution in [0.1, 0.15) is 12.0 Å². The van der Waals surface area contributed by atoms with E-state index in [1.807, 2.05) is 30.3 Å². The minimum absolute atomic E-state index is 0.145. The van der Waals surface area contributed by atoms with Gasteiger partial charge >= 0.3 is 12.1 Å². The minimum Gasteiger partial charge on any atom is -0.479 e. The number of carbonyl (C=O) groups is 2. The Morgan fingerprint density at radius 2 is 2.05 bits per heavy atom. The van der Waals surface area contributed by atoms with Gasteiger partial charge in [-0.1, -0.05) is 42.5 Å². The van der Waals surface area contributed by atoms with Gasteiger partial charge in [0.05, 0.1) is 0 Å². The van der Waals surface area contributed by atoms with Crippen molar-refractivity contribution in [3.05, 3.63) is 48.0 Å². The van der Waals surface area contributed by atoms with Gasteiger partial charge in [0.2, 0.25) is 0 Å². The summed E-state index contributed by atoms with van der Waals surface area (Å²) in [5, 5.41) is 9.04. The topological polar surface area (TPSA) is 66.8 Å². The van der Waals surface area contributed by atoms with Crippen molar-refractivity contribution in [3.8, 4) is 0 Å². The van der Waals surface area contributed by atoms with Crippen LogP contribution < -0.4 is 0 Å². The van der Waals surface area contributed by atoms with E-state index in [1.165, 1.54) is 11.0 Å². The molecule has 0 spiro atoms. The maximum Gasteiger partial charge on any atom is 0.411 e. The fourth-order valence-electron chi connectivity index (χ4n) is 1.90. The van der Waals surface area contributed by atoms with Crippen LogP contribution in [0.25, 0.3) is 0 Å². The van der Waals surface area contributed by atoms with Gasteiger partial charge in [0.1, 0.15) is 6.61 Å². The maximum absolute atomic E-state index is 11.9. The van der Waals surface area contributed by atoms with Crippen LogP contribution in [-0.4, -0.2) is 34.7 Å². The molecule has 0 saturated heterocycles. The van der Waals surface area contributed by atoms with Crippen molar-refractivity contribution in [2.24, 2.45) is 0 Å². The van der Waals surface area contributed by atoms with Crippen molar-refractivity contribution in [1.29, 1.82) is 0 Å². The molecule has 2 rings (SSSR count). The van der Waals surface area contributed by atoms with Crippen molar-refractivity contribution in [2.45, 2.75) is 19.1 Å². The third-order valence-electron chi connectivity index (χ3n) is 2.88. The van der Waals surface area contributed by atoms with Crippen LogP contribution in [0.15, 0.2) is 42.5 Å². The molecule has 5 nitrogen and oxygen atoms in total. The predicted octanol–water partition coefficient (Wildman–Crippen LogP) is 2.04. The molecule has 0 aliphatic carbocycles. The zero-order valence-corrected chi connectivity index (χ0v) is 10.4. The fraction of sp³-hybridized carbons (Fsp3) is 0.286. The van der Waals surface area contributed by atoms with Crippen molar-refractivity contribution < 1.29 is 19.4 Å². The Morgan fingerprint density at radius 3 is 2.74 bits per heavy atom. The molecule has 1 heterocycles. The molecule has 5 heteroatoms. The molecule has 1 aliphatic rings. The van der Waals surface area contributed by atoms with Gasteiger partial charge in [0.25, 0.3) is 0 Å². The highest BCUT2D eigenvalue weighted by Crippen LogP contribution is 2.13. The molecule has 0 bridgehead atoms. The van der Waals surface area contributed by atoms with E-state index in [1.54, 1.807) is 6.08 Å². The lowest BCUT2D eigenvalue weighted by Gasteiger charge is -2.28. The third kappa shape index (κ3) is 3.34. The van der Waals surface area contributed by atoms with Gasteiger partial charge in [0, 0.05) is 6.54 Å². The van der Waals surface area contributed by atoms with E-state index in [0.29, 0.717) is 13.0 Å². The van der Waals surface area contributed by atoms with E-state index in [2.05, 4.69) is 0 Å². The predicted molar refractivity (Wildman–Crippen MR) is 68.5 cm³/mol. The minimum atomic E-state index is -1.05. The first-order valence-corrected chi connectivity index (χ1v) is 6.05. The maximum atomic E-state index is 11.9. The number of hydrogen-bond donors (Lipinski definition) is 1. The summed E-state index contributed by atoms with van der Waals surface area (Å²) in [5.41, 5.74) is 0.871. The summed E-state index contributed by atoms with van der Waals surface area (Å²) in [7, 11) is 0. The van der Waals surface area contributed by atoms with Gasteiger partial charge in [-0.3, -0.25) is 4.90 Å². The van der Waals surface area contributed by atoms with Crippen molar-refractivity contribution in [2.75, 3.05) is 6.54 Å². The van der Waals surface area contributed by atoms with Gasteiger partial charge in [-0.15, -0.1) is 0 Å². The first-order chi connectivity index (χ1) is 9.18. The first kappa shape index (κ1) is 13.1. The van der Waals surface area contributed by atoms with E-state index < -0.39 is 18.1 Å². The Bertz CT molecular complexity index is 483. The molecule has 1 unspecified atom stereocenters. The third-order valence-corrected chi connectivity index (χ3v) is 2.88. The van der Waals surface area contributed by atoms with Gasteiger partial charge < -0.3 is 9.84 Å². The van der Waals surface area contributed by atoms with Crippen LogP contribution in [0.5, 0.6) is 0 Å². The first-order valence-electron chi connectivity index (χ1n) is 6.05. The second kappa shape index (κ2) is 6.04. The molecule has 1 aromatic carbocycles. The monoisotopic (exact) mass is 261 g/mol. The Kier molecular flexibility index (Phi) is 4.18. The summed E-state index contributed by atoms with van der Waals surface area (Å²) in [6.07, 6.45) is 3.32. The molecule has 19 heavy (non-hydrogen) atoms. The number of carboxylic acid groups (broad SMARTS) is 1. The number of aliphatic carboxylic acids is 1. The summed E-state index contributed by atoms with van der Waals surface area (Å²) in [5.74, 6) is -1.05. The van der Waals surface area contributed by atoms with Crippen LogP contribution in [0.4, 0.5) is 4.79 Å². The number of carboxylic acids is 1. The lowest BCUT2D eigenvalue weighted by molar-refractivity contribution is -0.141. The standard InChI is InChI=1S/C14H15NO4/c16-13(17)12-8-4-5-9-15(12)14(18)19-10-11-6-2-1-3-7-11/h1-4,6-8,12H,5,9-10H2,(H,16,17). The van der Waals surface area contributed by atoms with Crippen molar-refractivity contribution in [1.82, 2.24) is 4.90 Å². The van der Waals surface area contributed by atoms with Gasteiger partial charge in [-0.05, 0) is 12.0 Å². The van der Waals surface area contributed by atoms with Gasteiger partial charge in [-0.25, -0.2) is 9.59 Å². The van der Waals surface area contributed by atoms with E-state index in [-0.39, 0.29) is 6.61 Å². The molecule has 1 atom stereocenters. The number of ether oxygens (including phenoxy) is 1. The number of rotatable bonds is 3. The number of benzene rings is 1. The van der Waals surface area contributed by atoms with Crippen molar-refractivity contribution in [3.63, 3.8) is 0 Å². The normalized spacial score (nSPS) is 18.1. The molecule has 0 saturated carbocycles. The fourth-order valence-corrected chi connectivity index (χ4v) is 1.90. The van der Waals surface area contributed by atoms with Gasteiger partial charge in [0.15, 0.2) is 6.04 Å². The second-order valence-corrected chi connectivity index (χ2v) is 4.23. The summed E-state index contributed by atoms with van der Waals surface area (Å²) in [6.45, 7) is 0.507. The Labute approximate surface area is 111 Å². The van der Waals surface area contributed by atoms with Crippen LogP contribution in [0.3, 0.4) is 0 Å². The van der Waals surface area contributed by atoms with E-state index in [9.17, 15) is 9.59 Å². The average molecular weight is 261 g/mol. The van der Waals surface area contributed by atoms with E-state index >= 15 is 0 Å². The highest BCUT2D eigenvalue weighted by Gasteiger charge is 2.30. The molecule has 100 valence electrons. The van der Waals surface area contributed by atoms with Crippen LogP contribution in [0, 0.1) is 0 Å². The molecule has 1 aliphatic heterocycles. The second-order valence-electron chi connectivity index (χ2n) is 4.23. The van der Waals surface area contributed by atoms with Crippen molar-refractivity contribution >= 4 is 12.1 Å². The number of hydrogen-bond acceptors (Lipinski definition) is 3. The highest BCUT2D eigenvalue weighted by molar-refractivity contribution is 5.82. The molecule has 0 aromatic heterocycles. The molecular formula is C14H15NO4. The van der Waals surface area contributed by atoms with Crippen LogP contribution in [0.2, 0.25) is 0 Å². The molecular weight excluding hydrogens is 246 g/mol. The number of nitrogens with zero attached hydrogens (tertiary/aromatic N) is 1. The molecule has 1 aromatic rings. The Balaban J connectivity index is 1.95. The summed E-state index contributed by atoms with van der Waals surface area (Å²) in [4.78, 5) is 24.2. The molecule has 0 fully saturated rings. The lowest BCUT2D eigenvalue weighted by Crippen LogP contribution is -2.46. The molecule has 1 amide bonds. The van der Waals surface area contributed by atoms with Crippen LogP contribution >= 0.6 is 0 Å². The van der Waals surface area contributed by atoms with E-state index in [0.717, 1.165) is 5.56 Å². The highest BCUT2D eigenvalue weighted by atomic mass is 16.6. The largest absolute Gasteiger partial charge is 0.479 e. The molecule has 1 N–H and O–H groups in total.